The largest absolute Gasteiger partial charge is 0.383 e. The summed E-state index contributed by atoms with van der Waals surface area (Å²) in [5.41, 5.74) is 2.47. The lowest BCUT2D eigenvalue weighted by Gasteiger charge is -2.25. The summed E-state index contributed by atoms with van der Waals surface area (Å²) in [4.78, 5) is 14.1. The van der Waals surface area contributed by atoms with Crippen molar-refractivity contribution in [1.82, 2.24) is 4.90 Å². The fourth-order valence-electron chi connectivity index (χ4n) is 2.20. The smallest absolute Gasteiger partial charge is 0.236 e. The van der Waals surface area contributed by atoms with E-state index < -0.39 is 0 Å². The molecule has 1 fully saturated rings. The number of carbonyl (C=O) groups excluding carboxylic acids is 1. The van der Waals surface area contributed by atoms with Gasteiger partial charge in [-0.2, -0.15) is 0 Å². The molecule has 1 aliphatic heterocycles. The van der Waals surface area contributed by atoms with Crippen molar-refractivity contribution in [2.24, 2.45) is 0 Å². The summed E-state index contributed by atoms with van der Waals surface area (Å²) in [6, 6.07) is 8.27. The molecule has 0 bridgehead atoms. The average molecular weight is 265 g/mol. The molecule has 0 aromatic heterocycles. The Bertz CT molecular complexity index is 436. The average Bonchev–Trinajstić information content (AvgIpc) is 2.64. The maximum Gasteiger partial charge on any atom is 0.236 e. The molecule has 3 nitrogen and oxygen atoms in total. The van der Waals surface area contributed by atoms with Crippen LogP contribution in [0.4, 0.5) is 0 Å². The van der Waals surface area contributed by atoms with Crippen LogP contribution in [0.15, 0.2) is 24.3 Å². The molecule has 18 heavy (non-hydrogen) atoms. The van der Waals surface area contributed by atoms with Crippen molar-refractivity contribution < 1.29 is 9.53 Å². The van der Waals surface area contributed by atoms with E-state index in [-0.39, 0.29) is 16.5 Å². The number of benzene rings is 1. The molecule has 1 aromatic carbocycles. The molecule has 1 aliphatic rings. The van der Waals surface area contributed by atoms with Crippen LogP contribution >= 0.6 is 11.8 Å². The highest BCUT2D eigenvalue weighted by molar-refractivity contribution is 8.01. The van der Waals surface area contributed by atoms with Crippen molar-refractivity contribution in [3.8, 4) is 0 Å². The Balaban J connectivity index is 2.25. The Kier molecular flexibility index (Phi) is 4.30. The van der Waals surface area contributed by atoms with Crippen LogP contribution < -0.4 is 0 Å². The van der Waals surface area contributed by atoms with Crippen molar-refractivity contribution in [2.75, 3.05) is 20.3 Å². The van der Waals surface area contributed by atoms with Gasteiger partial charge in [-0.25, -0.2) is 0 Å². The van der Waals surface area contributed by atoms with Crippen molar-refractivity contribution in [3.63, 3.8) is 0 Å². The van der Waals surface area contributed by atoms with Gasteiger partial charge >= 0.3 is 0 Å². The molecule has 2 atom stereocenters. The van der Waals surface area contributed by atoms with Crippen LogP contribution in [0.1, 0.15) is 23.4 Å². The number of thioether (sulfide) groups is 1. The predicted molar refractivity (Wildman–Crippen MR) is 74.6 cm³/mol. The van der Waals surface area contributed by atoms with E-state index in [1.807, 2.05) is 24.0 Å². The quantitative estimate of drug-likeness (QED) is 0.838. The van der Waals surface area contributed by atoms with E-state index in [0.29, 0.717) is 13.2 Å². The van der Waals surface area contributed by atoms with Crippen molar-refractivity contribution in [3.05, 3.63) is 35.4 Å². The number of hydrogen-bond acceptors (Lipinski definition) is 3. The fraction of sp³-hybridized carbons (Fsp3) is 0.500. The number of hydrogen-bond donors (Lipinski definition) is 0. The SMILES string of the molecule is COCCN1C(=O)[C@@H](C)S[C@H]1c1ccccc1C. The molecule has 0 radical (unpaired) electrons. The summed E-state index contributed by atoms with van der Waals surface area (Å²) in [5.74, 6) is 0.213. The second-order valence-electron chi connectivity index (χ2n) is 4.51. The number of amides is 1. The van der Waals surface area contributed by atoms with Crippen molar-refractivity contribution in [2.45, 2.75) is 24.5 Å². The zero-order valence-corrected chi connectivity index (χ0v) is 11.9. The molecular weight excluding hydrogens is 246 g/mol. The Labute approximate surface area is 113 Å². The van der Waals surface area contributed by atoms with Crippen molar-refractivity contribution in [1.29, 1.82) is 0 Å². The van der Waals surface area contributed by atoms with E-state index in [0.717, 1.165) is 0 Å². The van der Waals surface area contributed by atoms with Crippen LogP contribution in [0.3, 0.4) is 0 Å². The van der Waals surface area contributed by atoms with Crippen LogP contribution in [0.25, 0.3) is 0 Å². The number of carbonyl (C=O) groups is 1. The zero-order valence-electron chi connectivity index (χ0n) is 11.1. The van der Waals surface area contributed by atoms with E-state index in [2.05, 4.69) is 19.1 Å². The number of rotatable bonds is 4. The topological polar surface area (TPSA) is 29.5 Å². The summed E-state index contributed by atoms with van der Waals surface area (Å²) in [7, 11) is 1.67. The van der Waals surface area contributed by atoms with Gasteiger partial charge in [0.1, 0.15) is 5.37 Å². The lowest BCUT2D eigenvalue weighted by Crippen LogP contribution is -2.33. The summed E-state index contributed by atoms with van der Waals surface area (Å²) in [5, 5.41) is 0.162. The van der Waals surface area contributed by atoms with Crippen LogP contribution in [-0.2, 0) is 9.53 Å². The molecule has 98 valence electrons. The minimum absolute atomic E-state index is 0.0338. The molecule has 1 saturated heterocycles. The van der Waals surface area contributed by atoms with Crippen LogP contribution in [0.2, 0.25) is 0 Å². The second-order valence-corrected chi connectivity index (χ2v) is 5.94. The minimum Gasteiger partial charge on any atom is -0.383 e. The Morgan fingerprint density at radius 3 is 2.78 bits per heavy atom. The molecule has 1 heterocycles. The van der Waals surface area contributed by atoms with Gasteiger partial charge in [0.15, 0.2) is 0 Å². The lowest BCUT2D eigenvalue weighted by molar-refractivity contribution is -0.130. The van der Waals surface area contributed by atoms with Gasteiger partial charge in [0, 0.05) is 13.7 Å². The third-order valence-corrected chi connectivity index (χ3v) is 4.61. The van der Waals surface area contributed by atoms with E-state index in [1.54, 1.807) is 18.9 Å². The third kappa shape index (κ3) is 2.54. The molecule has 0 spiro atoms. The van der Waals surface area contributed by atoms with Gasteiger partial charge in [0.25, 0.3) is 0 Å². The van der Waals surface area contributed by atoms with E-state index >= 15 is 0 Å². The number of ether oxygens (including phenoxy) is 1. The maximum absolute atomic E-state index is 12.2. The number of methoxy groups -OCH3 is 1. The normalized spacial score (nSPS) is 23.7. The van der Waals surface area contributed by atoms with Crippen LogP contribution in [0, 0.1) is 6.92 Å². The summed E-state index contributed by atoms with van der Waals surface area (Å²) in [6.45, 7) is 5.32. The molecule has 4 heteroatoms. The van der Waals surface area contributed by atoms with Gasteiger partial charge in [-0.05, 0) is 25.0 Å². The van der Waals surface area contributed by atoms with Gasteiger partial charge in [-0.1, -0.05) is 24.3 Å². The molecule has 0 N–H and O–H groups in total. The van der Waals surface area contributed by atoms with Gasteiger partial charge in [-0.3, -0.25) is 4.79 Å². The highest BCUT2D eigenvalue weighted by atomic mass is 32.2. The van der Waals surface area contributed by atoms with Gasteiger partial charge in [-0.15, -0.1) is 11.8 Å². The Morgan fingerprint density at radius 2 is 2.11 bits per heavy atom. The summed E-state index contributed by atoms with van der Waals surface area (Å²) < 4.78 is 5.10. The standard InChI is InChI=1S/C14H19NO2S/c1-10-6-4-5-7-12(10)14-15(8-9-17-3)13(16)11(2)18-14/h4-7,11,14H,8-9H2,1-3H3/t11-,14+/m1/s1. The first-order chi connectivity index (χ1) is 8.65. The van der Waals surface area contributed by atoms with E-state index in [1.165, 1.54) is 11.1 Å². The van der Waals surface area contributed by atoms with E-state index in [4.69, 9.17) is 4.74 Å². The number of nitrogens with zero attached hydrogens (tertiary/aromatic N) is 1. The highest BCUT2D eigenvalue weighted by Crippen LogP contribution is 2.43. The molecule has 1 amide bonds. The van der Waals surface area contributed by atoms with Gasteiger partial charge in [0.2, 0.25) is 5.91 Å². The maximum atomic E-state index is 12.2. The van der Waals surface area contributed by atoms with Crippen LogP contribution in [-0.4, -0.2) is 36.3 Å². The fourth-order valence-corrected chi connectivity index (χ4v) is 3.60. The molecule has 1 aromatic rings. The Morgan fingerprint density at radius 1 is 1.39 bits per heavy atom. The predicted octanol–water partition coefficient (Wildman–Crippen LogP) is 2.60. The first-order valence-corrected chi connectivity index (χ1v) is 7.10. The third-order valence-electron chi connectivity index (χ3n) is 3.24. The van der Waals surface area contributed by atoms with Gasteiger partial charge < -0.3 is 9.64 Å². The van der Waals surface area contributed by atoms with Gasteiger partial charge in [0.05, 0.1) is 11.9 Å². The monoisotopic (exact) mass is 265 g/mol. The zero-order chi connectivity index (χ0) is 13.1. The highest BCUT2D eigenvalue weighted by Gasteiger charge is 2.38. The first kappa shape index (κ1) is 13.4. The number of aryl methyl sites for hydroxylation is 1. The molecule has 0 unspecified atom stereocenters. The summed E-state index contributed by atoms with van der Waals surface area (Å²) >= 11 is 1.72. The van der Waals surface area contributed by atoms with E-state index in [9.17, 15) is 4.79 Å². The van der Waals surface area contributed by atoms with Crippen LogP contribution in [0.5, 0.6) is 0 Å². The van der Waals surface area contributed by atoms with Crippen molar-refractivity contribution >= 4 is 17.7 Å². The minimum atomic E-state index is 0.0338. The molecule has 2 rings (SSSR count). The lowest BCUT2D eigenvalue weighted by atomic mass is 10.1. The molecular formula is C14H19NO2S. The molecule has 0 saturated carbocycles. The first-order valence-electron chi connectivity index (χ1n) is 6.15. The summed E-state index contributed by atoms with van der Waals surface area (Å²) in [6.07, 6.45) is 0. The second kappa shape index (κ2) is 5.76. The molecule has 0 aliphatic carbocycles. The Hall–Kier alpha value is -1.00.